The first kappa shape index (κ1) is 15.7. The summed E-state index contributed by atoms with van der Waals surface area (Å²) in [5.41, 5.74) is 4.21. The Balaban J connectivity index is 2.04. The lowest BCUT2D eigenvalue weighted by Crippen LogP contribution is -2.43. The molecule has 0 unspecified atom stereocenters. The lowest BCUT2D eigenvalue weighted by atomic mass is 10.1. The molecular formula is C17H28N2S. The van der Waals surface area contributed by atoms with Crippen molar-refractivity contribution in [3.63, 3.8) is 0 Å². The van der Waals surface area contributed by atoms with Gasteiger partial charge in [-0.15, -0.1) is 0 Å². The average Bonchev–Trinajstić information content (AvgIpc) is 2.39. The number of hydrogen-bond acceptors (Lipinski definition) is 3. The van der Waals surface area contributed by atoms with Gasteiger partial charge >= 0.3 is 0 Å². The van der Waals surface area contributed by atoms with Gasteiger partial charge in [-0.2, -0.15) is 11.8 Å². The van der Waals surface area contributed by atoms with E-state index in [1.54, 1.807) is 0 Å². The van der Waals surface area contributed by atoms with Gasteiger partial charge in [0.25, 0.3) is 0 Å². The van der Waals surface area contributed by atoms with Crippen LogP contribution in [0.5, 0.6) is 0 Å². The van der Waals surface area contributed by atoms with E-state index >= 15 is 0 Å². The summed E-state index contributed by atoms with van der Waals surface area (Å²) >= 11 is 2.09. The van der Waals surface area contributed by atoms with Crippen LogP contribution in [-0.4, -0.2) is 30.1 Å². The van der Waals surface area contributed by atoms with Gasteiger partial charge in [0.1, 0.15) is 0 Å². The number of nitrogens with zero attached hydrogens (tertiary/aromatic N) is 1. The zero-order valence-corrected chi connectivity index (χ0v) is 14.1. The maximum atomic E-state index is 3.49. The second-order valence-corrected chi connectivity index (χ2v) is 8.12. The van der Waals surface area contributed by atoms with Crippen molar-refractivity contribution in [3.05, 3.63) is 29.3 Å². The van der Waals surface area contributed by atoms with E-state index in [0.29, 0.717) is 4.75 Å². The quantitative estimate of drug-likeness (QED) is 0.830. The minimum absolute atomic E-state index is 0.369. The number of aryl methyl sites for hydroxylation is 1. The van der Waals surface area contributed by atoms with Gasteiger partial charge in [0.05, 0.1) is 0 Å². The van der Waals surface area contributed by atoms with E-state index in [0.717, 1.165) is 19.6 Å². The highest BCUT2D eigenvalue weighted by molar-refractivity contribution is 8.00. The van der Waals surface area contributed by atoms with Crippen LogP contribution < -0.4 is 10.2 Å². The second kappa shape index (κ2) is 6.86. The molecule has 1 aliphatic rings. The van der Waals surface area contributed by atoms with E-state index in [1.807, 2.05) is 0 Å². The van der Waals surface area contributed by atoms with Crippen molar-refractivity contribution < 1.29 is 0 Å². The molecule has 1 heterocycles. The van der Waals surface area contributed by atoms with E-state index in [4.69, 9.17) is 0 Å². The summed E-state index contributed by atoms with van der Waals surface area (Å²) in [6.07, 6.45) is 1.19. The summed E-state index contributed by atoms with van der Waals surface area (Å²) in [7, 11) is 0. The molecular weight excluding hydrogens is 264 g/mol. The molecule has 0 aromatic heterocycles. The standard InChI is InChI=1S/C17H28N2S/c1-5-8-18-12-15-6-7-16(11-14(15)2)19-9-10-20-17(3,4)13-19/h6-7,11,18H,5,8-10,12-13H2,1-4H3. The SMILES string of the molecule is CCCNCc1ccc(N2CCSC(C)(C)C2)cc1C. The predicted octanol–water partition coefficient (Wildman–Crippen LogP) is 3.83. The second-order valence-electron chi connectivity index (χ2n) is 6.32. The predicted molar refractivity (Wildman–Crippen MR) is 91.9 cm³/mol. The minimum atomic E-state index is 0.369. The van der Waals surface area contributed by atoms with Crippen molar-refractivity contribution in [3.8, 4) is 0 Å². The monoisotopic (exact) mass is 292 g/mol. The molecule has 1 aliphatic heterocycles. The lowest BCUT2D eigenvalue weighted by Gasteiger charge is -2.39. The third-order valence-electron chi connectivity index (χ3n) is 3.86. The Hall–Kier alpha value is -0.670. The third kappa shape index (κ3) is 4.16. The van der Waals surface area contributed by atoms with Crippen molar-refractivity contribution in [2.24, 2.45) is 0 Å². The molecule has 0 aliphatic carbocycles. The number of nitrogens with one attached hydrogen (secondary N) is 1. The molecule has 1 N–H and O–H groups in total. The Kier molecular flexibility index (Phi) is 5.39. The van der Waals surface area contributed by atoms with E-state index in [1.165, 1.54) is 35.5 Å². The Morgan fingerprint density at radius 3 is 2.80 bits per heavy atom. The van der Waals surface area contributed by atoms with E-state index in [2.05, 4.69) is 67.9 Å². The molecule has 0 radical (unpaired) electrons. The Morgan fingerprint density at radius 2 is 2.15 bits per heavy atom. The van der Waals surface area contributed by atoms with Crippen LogP contribution in [0.3, 0.4) is 0 Å². The van der Waals surface area contributed by atoms with E-state index < -0.39 is 0 Å². The molecule has 112 valence electrons. The van der Waals surface area contributed by atoms with Gasteiger partial charge in [-0.25, -0.2) is 0 Å². The van der Waals surface area contributed by atoms with Gasteiger partial charge in [-0.1, -0.05) is 13.0 Å². The Bertz CT molecular complexity index is 443. The van der Waals surface area contributed by atoms with Crippen LogP contribution in [0.25, 0.3) is 0 Å². The zero-order valence-electron chi connectivity index (χ0n) is 13.3. The molecule has 1 aromatic carbocycles. The number of hydrogen-bond donors (Lipinski definition) is 1. The van der Waals surface area contributed by atoms with Gasteiger partial charge in [0.15, 0.2) is 0 Å². The molecule has 2 nitrogen and oxygen atoms in total. The number of rotatable bonds is 5. The van der Waals surface area contributed by atoms with Crippen LogP contribution in [0.15, 0.2) is 18.2 Å². The molecule has 2 rings (SSSR count). The summed E-state index contributed by atoms with van der Waals surface area (Å²) < 4.78 is 0.369. The van der Waals surface area contributed by atoms with E-state index in [-0.39, 0.29) is 0 Å². The molecule has 0 atom stereocenters. The first-order valence-electron chi connectivity index (χ1n) is 7.71. The summed E-state index contributed by atoms with van der Waals surface area (Å²) in [5, 5.41) is 3.49. The van der Waals surface area contributed by atoms with Gasteiger partial charge in [-0.05, 0) is 57.0 Å². The molecule has 1 saturated heterocycles. The maximum Gasteiger partial charge on any atom is 0.0369 e. The lowest BCUT2D eigenvalue weighted by molar-refractivity contribution is 0.647. The summed E-state index contributed by atoms with van der Waals surface area (Å²) in [6, 6.07) is 6.94. The van der Waals surface area contributed by atoms with Crippen LogP contribution >= 0.6 is 11.8 Å². The molecule has 0 bridgehead atoms. The van der Waals surface area contributed by atoms with Crippen molar-refractivity contribution in [2.45, 2.75) is 45.4 Å². The van der Waals surface area contributed by atoms with Crippen LogP contribution in [0, 0.1) is 6.92 Å². The normalized spacial score (nSPS) is 18.3. The highest BCUT2D eigenvalue weighted by atomic mass is 32.2. The first-order valence-corrected chi connectivity index (χ1v) is 8.69. The summed E-state index contributed by atoms with van der Waals surface area (Å²) in [4.78, 5) is 2.53. The number of anilines is 1. The largest absolute Gasteiger partial charge is 0.369 e. The number of benzene rings is 1. The fourth-order valence-electron chi connectivity index (χ4n) is 2.71. The van der Waals surface area contributed by atoms with Crippen molar-refractivity contribution in [1.82, 2.24) is 5.32 Å². The fourth-order valence-corrected chi connectivity index (χ4v) is 3.82. The summed E-state index contributed by atoms with van der Waals surface area (Å²) in [5.74, 6) is 1.23. The highest BCUT2D eigenvalue weighted by Gasteiger charge is 2.27. The maximum absolute atomic E-state index is 3.49. The van der Waals surface area contributed by atoms with Crippen LogP contribution in [0.4, 0.5) is 5.69 Å². The Labute approximate surface area is 128 Å². The first-order chi connectivity index (χ1) is 9.52. The molecule has 3 heteroatoms. The molecule has 20 heavy (non-hydrogen) atoms. The zero-order chi connectivity index (χ0) is 14.6. The van der Waals surface area contributed by atoms with Crippen LogP contribution in [0.2, 0.25) is 0 Å². The third-order valence-corrected chi connectivity index (χ3v) is 5.16. The Morgan fingerprint density at radius 1 is 1.35 bits per heavy atom. The van der Waals surface area contributed by atoms with Gasteiger partial charge in [0, 0.05) is 35.8 Å². The molecule has 1 fully saturated rings. The molecule has 1 aromatic rings. The summed E-state index contributed by atoms with van der Waals surface area (Å²) in [6.45, 7) is 13.5. The minimum Gasteiger partial charge on any atom is -0.369 e. The number of thioether (sulfide) groups is 1. The van der Waals surface area contributed by atoms with Crippen LogP contribution in [-0.2, 0) is 6.54 Å². The van der Waals surface area contributed by atoms with Crippen molar-refractivity contribution >= 4 is 17.4 Å². The van der Waals surface area contributed by atoms with Gasteiger partial charge < -0.3 is 10.2 Å². The smallest absolute Gasteiger partial charge is 0.0369 e. The molecule has 0 spiro atoms. The van der Waals surface area contributed by atoms with E-state index in [9.17, 15) is 0 Å². The average molecular weight is 292 g/mol. The van der Waals surface area contributed by atoms with Crippen molar-refractivity contribution in [2.75, 3.05) is 30.3 Å². The van der Waals surface area contributed by atoms with Crippen molar-refractivity contribution in [1.29, 1.82) is 0 Å². The van der Waals surface area contributed by atoms with Gasteiger partial charge in [0.2, 0.25) is 0 Å². The fraction of sp³-hybridized carbons (Fsp3) is 0.647. The van der Waals surface area contributed by atoms with Gasteiger partial charge in [-0.3, -0.25) is 0 Å². The topological polar surface area (TPSA) is 15.3 Å². The van der Waals surface area contributed by atoms with Crippen LogP contribution in [0.1, 0.15) is 38.3 Å². The molecule has 0 saturated carbocycles. The molecule has 0 amide bonds. The highest BCUT2D eigenvalue weighted by Crippen LogP contribution is 2.32.